The molecule has 0 aromatic heterocycles. The molecule has 1 N–H and O–H groups in total. The Morgan fingerprint density at radius 2 is 1.95 bits per heavy atom. The molecule has 0 saturated heterocycles. The van der Waals surface area contributed by atoms with Gasteiger partial charge in [0, 0.05) is 27.3 Å². The van der Waals surface area contributed by atoms with Crippen molar-refractivity contribution in [3.05, 3.63) is 29.8 Å². The van der Waals surface area contributed by atoms with E-state index in [-0.39, 0.29) is 18.4 Å². The summed E-state index contributed by atoms with van der Waals surface area (Å²) in [5.74, 6) is 0.0474. The Labute approximate surface area is 125 Å². The van der Waals surface area contributed by atoms with Crippen LogP contribution in [0.5, 0.6) is 5.75 Å². The van der Waals surface area contributed by atoms with Gasteiger partial charge in [-0.05, 0) is 18.6 Å². The average molecular weight is 294 g/mol. The maximum atomic E-state index is 12.3. The standard InChI is InChI=1S/C15H22N2O4/c1-17(11-14(18)16-9-6-10-20-2)15(19)12-7-4-5-8-13(12)21-3/h4-5,7-8H,6,9-11H2,1-3H3,(H,16,18). The largest absolute Gasteiger partial charge is 0.496 e. The van der Waals surface area contributed by atoms with E-state index in [0.29, 0.717) is 24.5 Å². The molecule has 0 bridgehead atoms. The van der Waals surface area contributed by atoms with Crippen molar-refractivity contribution in [1.29, 1.82) is 0 Å². The molecular formula is C15H22N2O4. The molecule has 0 heterocycles. The number of hydrogen-bond donors (Lipinski definition) is 1. The van der Waals surface area contributed by atoms with E-state index in [1.54, 1.807) is 38.4 Å². The van der Waals surface area contributed by atoms with Crippen molar-refractivity contribution in [1.82, 2.24) is 10.2 Å². The lowest BCUT2D eigenvalue weighted by atomic mass is 10.2. The summed E-state index contributed by atoms with van der Waals surface area (Å²) in [4.78, 5) is 25.4. The molecule has 21 heavy (non-hydrogen) atoms. The van der Waals surface area contributed by atoms with Crippen LogP contribution in [-0.4, -0.2) is 57.7 Å². The molecular weight excluding hydrogens is 272 g/mol. The quantitative estimate of drug-likeness (QED) is 0.724. The maximum Gasteiger partial charge on any atom is 0.257 e. The number of hydrogen-bond acceptors (Lipinski definition) is 4. The Kier molecular flexibility index (Phi) is 7.25. The summed E-state index contributed by atoms with van der Waals surface area (Å²) >= 11 is 0. The van der Waals surface area contributed by atoms with Crippen molar-refractivity contribution >= 4 is 11.8 Å². The van der Waals surface area contributed by atoms with Crippen LogP contribution in [0.15, 0.2) is 24.3 Å². The zero-order chi connectivity index (χ0) is 15.7. The lowest BCUT2D eigenvalue weighted by Gasteiger charge is -2.18. The SMILES string of the molecule is COCCCNC(=O)CN(C)C(=O)c1ccccc1OC. The van der Waals surface area contributed by atoms with E-state index in [0.717, 1.165) is 6.42 Å². The van der Waals surface area contributed by atoms with Crippen LogP contribution in [-0.2, 0) is 9.53 Å². The number of benzene rings is 1. The first kappa shape index (κ1) is 17.0. The molecule has 0 unspecified atom stereocenters. The molecule has 0 fully saturated rings. The van der Waals surface area contributed by atoms with Crippen molar-refractivity contribution in [3.63, 3.8) is 0 Å². The number of likely N-dealkylation sites (N-methyl/N-ethyl adjacent to an activating group) is 1. The van der Waals surface area contributed by atoms with E-state index in [4.69, 9.17) is 9.47 Å². The number of para-hydroxylation sites is 1. The molecule has 0 saturated carbocycles. The summed E-state index contributed by atoms with van der Waals surface area (Å²) in [5, 5.41) is 2.74. The highest BCUT2D eigenvalue weighted by molar-refractivity contribution is 5.98. The van der Waals surface area contributed by atoms with Crippen molar-refractivity contribution in [2.45, 2.75) is 6.42 Å². The third-order valence-corrected chi connectivity index (χ3v) is 2.91. The Bertz CT molecular complexity index is 476. The highest BCUT2D eigenvalue weighted by Crippen LogP contribution is 2.18. The van der Waals surface area contributed by atoms with Crippen LogP contribution < -0.4 is 10.1 Å². The zero-order valence-electron chi connectivity index (χ0n) is 12.7. The minimum absolute atomic E-state index is 0.00383. The molecule has 6 heteroatoms. The summed E-state index contributed by atoms with van der Waals surface area (Å²) < 4.78 is 10.0. The van der Waals surface area contributed by atoms with Crippen molar-refractivity contribution in [2.24, 2.45) is 0 Å². The van der Waals surface area contributed by atoms with E-state index in [9.17, 15) is 9.59 Å². The van der Waals surface area contributed by atoms with Gasteiger partial charge in [-0.3, -0.25) is 9.59 Å². The Balaban J connectivity index is 2.52. The smallest absolute Gasteiger partial charge is 0.257 e. The highest BCUT2D eigenvalue weighted by Gasteiger charge is 2.18. The summed E-state index contributed by atoms with van der Waals surface area (Å²) in [6.45, 7) is 1.13. The third-order valence-electron chi connectivity index (χ3n) is 2.91. The molecule has 0 aliphatic rings. The lowest BCUT2D eigenvalue weighted by molar-refractivity contribution is -0.121. The van der Waals surface area contributed by atoms with Crippen LogP contribution in [0.3, 0.4) is 0 Å². The minimum Gasteiger partial charge on any atom is -0.496 e. The van der Waals surface area contributed by atoms with E-state index in [1.165, 1.54) is 12.0 Å². The summed E-state index contributed by atoms with van der Waals surface area (Å²) in [6.07, 6.45) is 0.742. The van der Waals surface area contributed by atoms with Crippen LogP contribution in [0.25, 0.3) is 0 Å². The van der Waals surface area contributed by atoms with Crippen LogP contribution in [0, 0.1) is 0 Å². The Morgan fingerprint density at radius 1 is 1.24 bits per heavy atom. The van der Waals surface area contributed by atoms with Gasteiger partial charge in [0.25, 0.3) is 5.91 Å². The maximum absolute atomic E-state index is 12.3. The number of amides is 2. The highest BCUT2D eigenvalue weighted by atomic mass is 16.5. The van der Waals surface area contributed by atoms with Gasteiger partial charge in [0.1, 0.15) is 5.75 Å². The van der Waals surface area contributed by atoms with Crippen LogP contribution in [0.2, 0.25) is 0 Å². The molecule has 1 aromatic rings. The predicted octanol–water partition coefficient (Wildman–Crippen LogP) is 0.920. The summed E-state index contributed by atoms with van der Waals surface area (Å²) in [7, 11) is 4.71. The number of carbonyl (C=O) groups excluding carboxylic acids is 2. The van der Waals surface area contributed by atoms with Crippen LogP contribution in [0.1, 0.15) is 16.8 Å². The number of carbonyl (C=O) groups is 2. The number of nitrogens with one attached hydrogen (secondary N) is 1. The van der Waals surface area contributed by atoms with Crippen LogP contribution >= 0.6 is 0 Å². The average Bonchev–Trinajstić information content (AvgIpc) is 2.50. The van der Waals surface area contributed by atoms with Gasteiger partial charge < -0.3 is 19.7 Å². The number of methoxy groups -OCH3 is 2. The lowest BCUT2D eigenvalue weighted by Crippen LogP contribution is -2.38. The molecule has 6 nitrogen and oxygen atoms in total. The fourth-order valence-electron chi connectivity index (χ4n) is 1.81. The van der Waals surface area contributed by atoms with Gasteiger partial charge in [0.15, 0.2) is 0 Å². The van der Waals surface area contributed by atoms with E-state index in [2.05, 4.69) is 5.32 Å². The summed E-state index contributed by atoms with van der Waals surface area (Å²) in [5.41, 5.74) is 0.440. The molecule has 0 spiro atoms. The predicted molar refractivity (Wildman–Crippen MR) is 79.5 cm³/mol. The monoisotopic (exact) mass is 294 g/mol. The van der Waals surface area contributed by atoms with Gasteiger partial charge in [0.05, 0.1) is 19.2 Å². The molecule has 0 radical (unpaired) electrons. The Morgan fingerprint density at radius 3 is 2.62 bits per heavy atom. The number of ether oxygens (including phenoxy) is 2. The van der Waals surface area contributed by atoms with Crippen LogP contribution in [0.4, 0.5) is 0 Å². The number of rotatable bonds is 8. The molecule has 0 aliphatic heterocycles. The second-order valence-corrected chi connectivity index (χ2v) is 4.56. The third kappa shape index (κ3) is 5.43. The number of nitrogens with zero attached hydrogens (tertiary/aromatic N) is 1. The van der Waals surface area contributed by atoms with E-state index in [1.807, 2.05) is 0 Å². The van der Waals surface area contributed by atoms with Gasteiger partial charge in [-0.25, -0.2) is 0 Å². The van der Waals surface area contributed by atoms with Gasteiger partial charge in [-0.1, -0.05) is 12.1 Å². The summed E-state index contributed by atoms with van der Waals surface area (Å²) in [6, 6.07) is 6.94. The fraction of sp³-hybridized carbons (Fsp3) is 0.467. The molecule has 2 amide bonds. The molecule has 0 aliphatic carbocycles. The van der Waals surface area contributed by atoms with E-state index >= 15 is 0 Å². The fourth-order valence-corrected chi connectivity index (χ4v) is 1.81. The first-order chi connectivity index (χ1) is 10.1. The Hall–Kier alpha value is -2.08. The minimum atomic E-state index is -0.250. The zero-order valence-corrected chi connectivity index (χ0v) is 12.7. The van der Waals surface area contributed by atoms with Gasteiger partial charge in [-0.15, -0.1) is 0 Å². The molecule has 1 aromatic carbocycles. The first-order valence-corrected chi connectivity index (χ1v) is 6.74. The normalized spacial score (nSPS) is 10.0. The van der Waals surface area contributed by atoms with Crippen molar-refractivity contribution in [3.8, 4) is 5.75 Å². The second-order valence-electron chi connectivity index (χ2n) is 4.56. The molecule has 116 valence electrons. The van der Waals surface area contributed by atoms with Gasteiger partial charge in [0.2, 0.25) is 5.91 Å². The van der Waals surface area contributed by atoms with Crippen molar-refractivity contribution in [2.75, 3.05) is 41.0 Å². The van der Waals surface area contributed by atoms with Gasteiger partial charge in [-0.2, -0.15) is 0 Å². The molecule has 1 rings (SSSR count). The van der Waals surface area contributed by atoms with E-state index < -0.39 is 0 Å². The van der Waals surface area contributed by atoms with Crippen molar-refractivity contribution < 1.29 is 19.1 Å². The molecule has 0 atom stereocenters. The van der Waals surface area contributed by atoms with Gasteiger partial charge >= 0.3 is 0 Å². The topological polar surface area (TPSA) is 67.9 Å². The first-order valence-electron chi connectivity index (χ1n) is 6.74. The second kappa shape index (κ2) is 8.97.